The molecule has 2 heteroatoms. The minimum absolute atomic E-state index is 0.178. The number of carbonyl (C=O) groups excluding carboxylic acids is 1. The third-order valence-electron chi connectivity index (χ3n) is 3.82. The Morgan fingerprint density at radius 2 is 2.12 bits per heavy atom. The summed E-state index contributed by atoms with van der Waals surface area (Å²) in [6.45, 7) is 12.1. The largest absolute Gasteiger partial charge is 0.316 e. The molecule has 0 saturated carbocycles. The highest BCUT2D eigenvalue weighted by Gasteiger charge is 2.36. The van der Waals surface area contributed by atoms with E-state index in [9.17, 15) is 4.79 Å². The number of piperidine rings is 1. The van der Waals surface area contributed by atoms with Crippen LogP contribution in [0.5, 0.6) is 0 Å². The second kappa shape index (κ2) is 5.62. The number of nitrogens with one attached hydrogen (secondary N) is 1. The Kier molecular flexibility index (Phi) is 4.72. The van der Waals surface area contributed by atoms with Crippen molar-refractivity contribution in [3.05, 3.63) is 12.2 Å². The quantitative estimate of drug-likeness (QED) is 0.726. The molecule has 1 aliphatic rings. The molecular formula is C14H25NO. The zero-order valence-electron chi connectivity index (χ0n) is 10.9. The van der Waals surface area contributed by atoms with Crippen LogP contribution in [-0.4, -0.2) is 18.9 Å². The van der Waals surface area contributed by atoms with Crippen molar-refractivity contribution in [1.82, 2.24) is 5.32 Å². The normalized spacial score (nSPS) is 21.8. The van der Waals surface area contributed by atoms with Crippen LogP contribution >= 0.6 is 0 Å². The maximum absolute atomic E-state index is 12.2. The van der Waals surface area contributed by atoms with E-state index < -0.39 is 0 Å². The SMILES string of the molecule is C=C(C)CCC(=O)C(C)(C)C1CCCNC1. The third-order valence-corrected chi connectivity index (χ3v) is 3.82. The van der Waals surface area contributed by atoms with Crippen molar-refractivity contribution in [1.29, 1.82) is 0 Å². The molecule has 2 nitrogen and oxygen atoms in total. The number of hydrogen-bond donors (Lipinski definition) is 1. The van der Waals surface area contributed by atoms with Crippen LogP contribution < -0.4 is 5.32 Å². The average Bonchev–Trinajstić information content (AvgIpc) is 2.27. The minimum Gasteiger partial charge on any atom is -0.316 e. The average molecular weight is 223 g/mol. The number of Topliss-reactive ketones (excluding diaryl/α,β-unsaturated/α-hetero) is 1. The van der Waals surface area contributed by atoms with Gasteiger partial charge in [-0.15, -0.1) is 6.58 Å². The van der Waals surface area contributed by atoms with Gasteiger partial charge in [0.25, 0.3) is 0 Å². The van der Waals surface area contributed by atoms with Crippen LogP contribution in [0.1, 0.15) is 46.5 Å². The van der Waals surface area contributed by atoms with E-state index in [-0.39, 0.29) is 5.41 Å². The van der Waals surface area contributed by atoms with Gasteiger partial charge in [-0.1, -0.05) is 19.4 Å². The molecule has 16 heavy (non-hydrogen) atoms. The summed E-state index contributed by atoms with van der Waals surface area (Å²) in [6.07, 6.45) is 3.86. The van der Waals surface area contributed by atoms with Crippen LogP contribution in [0.25, 0.3) is 0 Å². The smallest absolute Gasteiger partial charge is 0.139 e. The van der Waals surface area contributed by atoms with Gasteiger partial charge in [0.1, 0.15) is 5.78 Å². The maximum Gasteiger partial charge on any atom is 0.139 e. The Balaban J connectivity index is 2.53. The molecule has 1 heterocycles. The number of allylic oxidation sites excluding steroid dienone is 1. The monoisotopic (exact) mass is 223 g/mol. The summed E-state index contributed by atoms with van der Waals surface area (Å²) in [5.74, 6) is 0.892. The van der Waals surface area contributed by atoms with Gasteiger partial charge in [0.05, 0.1) is 0 Å². The van der Waals surface area contributed by atoms with Gasteiger partial charge in [-0.3, -0.25) is 4.79 Å². The van der Waals surface area contributed by atoms with E-state index in [0.717, 1.165) is 25.1 Å². The molecule has 1 saturated heterocycles. The summed E-state index contributed by atoms with van der Waals surface area (Å²) < 4.78 is 0. The van der Waals surface area contributed by atoms with E-state index >= 15 is 0 Å². The van der Waals surface area contributed by atoms with Gasteiger partial charge >= 0.3 is 0 Å². The minimum atomic E-state index is -0.178. The van der Waals surface area contributed by atoms with E-state index in [0.29, 0.717) is 18.1 Å². The Bertz CT molecular complexity index is 262. The molecular weight excluding hydrogens is 198 g/mol. The Hall–Kier alpha value is -0.630. The third kappa shape index (κ3) is 3.44. The van der Waals surface area contributed by atoms with Crippen molar-refractivity contribution < 1.29 is 4.79 Å². The van der Waals surface area contributed by atoms with E-state index in [1.165, 1.54) is 12.8 Å². The summed E-state index contributed by atoms with van der Waals surface area (Å²) >= 11 is 0. The van der Waals surface area contributed by atoms with Gasteiger partial charge in [0.2, 0.25) is 0 Å². The van der Waals surface area contributed by atoms with Gasteiger partial charge in [0, 0.05) is 11.8 Å². The van der Waals surface area contributed by atoms with Crippen molar-refractivity contribution in [3.8, 4) is 0 Å². The Morgan fingerprint density at radius 3 is 2.62 bits per heavy atom. The summed E-state index contributed by atoms with van der Waals surface area (Å²) in [5, 5.41) is 3.39. The molecule has 0 spiro atoms. The van der Waals surface area contributed by atoms with Gasteiger partial charge in [-0.2, -0.15) is 0 Å². The first kappa shape index (κ1) is 13.4. The standard InChI is InChI=1S/C14H25NO/c1-11(2)7-8-13(16)14(3,4)12-6-5-9-15-10-12/h12,15H,1,5-10H2,2-4H3. The van der Waals surface area contributed by atoms with Crippen molar-refractivity contribution in [2.45, 2.75) is 46.5 Å². The molecule has 1 rings (SSSR count). The topological polar surface area (TPSA) is 29.1 Å². The lowest BCUT2D eigenvalue weighted by Gasteiger charge is -2.36. The second-order valence-corrected chi connectivity index (χ2v) is 5.65. The van der Waals surface area contributed by atoms with Crippen molar-refractivity contribution in [3.63, 3.8) is 0 Å². The van der Waals surface area contributed by atoms with E-state index in [1.54, 1.807) is 0 Å². The Labute approximate surface area is 99.5 Å². The predicted octanol–water partition coefficient (Wildman–Crippen LogP) is 2.94. The lowest BCUT2D eigenvalue weighted by molar-refractivity contribution is -0.130. The molecule has 0 radical (unpaired) electrons. The van der Waals surface area contributed by atoms with Gasteiger partial charge < -0.3 is 5.32 Å². The maximum atomic E-state index is 12.2. The first-order valence-electron chi connectivity index (χ1n) is 6.33. The highest BCUT2D eigenvalue weighted by atomic mass is 16.1. The van der Waals surface area contributed by atoms with Gasteiger partial charge in [-0.05, 0) is 45.2 Å². The lowest BCUT2D eigenvalue weighted by Crippen LogP contribution is -2.42. The molecule has 1 fully saturated rings. The molecule has 1 N–H and O–H groups in total. The summed E-state index contributed by atoms with van der Waals surface area (Å²) in [7, 11) is 0. The molecule has 0 bridgehead atoms. The zero-order chi connectivity index (χ0) is 12.2. The van der Waals surface area contributed by atoms with Crippen LogP contribution in [0.3, 0.4) is 0 Å². The molecule has 0 aromatic rings. The highest BCUT2D eigenvalue weighted by Crippen LogP contribution is 2.34. The van der Waals surface area contributed by atoms with Crippen LogP contribution in [0, 0.1) is 11.3 Å². The van der Waals surface area contributed by atoms with Crippen molar-refractivity contribution in [2.75, 3.05) is 13.1 Å². The summed E-state index contributed by atoms with van der Waals surface area (Å²) in [5.41, 5.74) is 0.925. The number of ketones is 1. The Morgan fingerprint density at radius 1 is 1.44 bits per heavy atom. The number of carbonyl (C=O) groups is 1. The van der Waals surface area contributed by atoms with E-state index in [2.05, 4.69) is 25.7 Å². The fraction of sp³-hybridized carbons (Fsp3) is 0.786. The lowest BCUT2D eigenvalue weighted by atomic mass is 9.71. The molecule has 0 amide bonds. The molecule has 1 unspecified atom stereocenters. The molecule has 0 aromatic heterocycles. The molecule has 1 aliphatic heterocycles. The first-order valence-corrected chi connectivity index (χ1v) is 6.33. The molecule has 0 aliphatic carbocycles. The first-order chi connectivity index (χ1) is 7.44. The molecule has 92 valence electrons. The van der Waals surface area contributed by atoms with Crippen LogP contribution in [0.2, 0.25) is 0 Å². The summed E-state index contributed by atoms with van der Waals surface area (Å²) in [4.78, 5) is 12.2. The summed E-state index contributed by atoms with van der Waals surface area (Å²) in [6, 6.07) is 0. The number of rotatable bonds is 5. The predicted molar refractivity (Wildman–Crippen MR) is 68.4 cm³/mol. The van der Waals surface area contributed by atoms with Crippen molar-refractivity contribution >= 4 is 5.78 Å². The van der Waals surface area contributed by atoms with Crippen molar-refractivity contribution in [2.24, 2.45) is 11.3 Å². The fourth-order valence-electron chi connectivity index (χ4n) is 2.34. The second-order valence-electron chi connectivity index (χ2n) is 5.65. The van der Waals surface area contributed by atoms with Gasteiger partial charge in [0.15, 0.2) is 0 Å². The van der Waals surface area contributed by atoms with Gasteiger partial charge in [-0.25, -0.2) is 0 Å². The molecule has 1 atom stereocenters. The van der Waals surface area contributed by atoms with E-state index in [4.69, 9.17) is 0 Å². The fourth-order valence-corrected chi connectivity index (χ4v) is 2.34. The highest BCUT2D eigenvalue weighted by molar-refractivity contribution is 5.84. The molecule has 0 aromatic carbocycles. The van der Waals surface area contributed by atoms with Crippen LogP contribution in [0.4, 0.5) is 0 Å². The van der Waals surface area contributed by atoms with E-state index in [1.807, 2.05) is 6.92 Å². The number of hydrogen-bond acceptors (Lipinski definition) is 2. The van der Waals surface area contributed by atoms with Crippen LogP contribution in [0.15, 0.2) is 12.2 Å². The zero-order valence-corrected chi connectivity index (χ0v) is 10.9. The van der Waals surface area contributed by atoms with Crippen LogP contribution in [-0.2, 0) is 4.79 Å².